The van der Waals surface area contributed by atoms with Crippen molar-refractivity contribution >= 4 is 21.6 Å². The Morgan fingerprint density at radius 3 is 2.18 bits per heavy atom. The summed E-state index contributed by atoms with van der Waals surface area (Å²) >= 11 is 0. The minimum atomic E-state index is -3.94. The molecular formula is C29H37N3O5S. The van der Waals surface area contributed by atoms with Crippen molar-refractivity contribution in [3.63, 3.8) is 0 Å². The van der Waals surface area contributed by atoms with Crippen molar-refractivity contribution in [1.29, 1.82) is 0 Å². The summed E-state index contributed by atoms with van der Waals surface area (Å²) in [5.74, 6) is -0.384. The molecule has 0 bridgehead atoms. The van der Waals surface area contributed by atoms with Gasteiger partial charge in [0.05, 0.1) is 17.0 Å². The SMILES string of the molecule is Cc1c(O)cccc1C(=O)N(C)[C@@H](Cc1ccccc1)[C@H](O)CN(CC(C)C)S(=O)(=O)c1ccc(N)cc1. The zero-order chi connectivity index (χ0) is 28.0. The Labute approximate surface area is 225 Å². The lowest BCUT2D eigenvalue weighted by molar-refractivity contribution is 0.0369. The minimum Gasteiger partial charge on any atom is -0.508 e. The number of likely N-dealkylation sites (N-methyl/N-ethyl adjacent to an activating group) is 1. The van der Waals surface area contributed by atoms with Crippen molar-refractivity contribution in [1.82, 2.24) is 9.21 Å². The fourth-order valence-electron chi connectivity index (χ4n) is 4.38. The van der Waals surface area contributed by atoms with Crippen LogP contribution >= 0.6 is 0 Å². The number of phenols is 1. The molecule has 0 aliphatic rings. The molecule has 3 rings (SSSR count). The second-order valence-electron chi connectivity index (χ2n) is 9.98. The molecule has 2 atom stereocenters. The van der Waals surface area contributed by atoms with Gasteiger partial charge in [-0.1, -0.05) is 50.2 Å². The molecule has 9 heteroatoms. The molecule has 0 heterocycles. The number of rotatable bonds is 11. The highest BCUT2D eigenvalue weighted by Crippen LogP contribution is 2.24. The first kappa shape index (κ1) is 29.2. The number of hydrogen-bond acceptors (Lipinski definition) is 6. The average Bonchev–Trinajstić information content (AvgIpc) is 2.88. The first-order chi connectivity index (χ1) is 17.9. The Balaban J connectivity index is 1.97. The van der Waals surface area contributed by atoms with Crippen LogP contribution in [0.1, 0.15) is 35.3 Å². The summed E-state index contributed by atoms with van der Waals surface area (Å²) in [6.07, 6.45) is -0.899. The van der Waals surface area contributed by atoms with E-state index in [-0.39, 0.29) is 35.6 Å². The summed E-state index contributed by atoms with van der Waals surface area (Å²) in [7, 11) is -2.36. The van der Waals surface area contributed by atoms with E-state index in [4.69, 9.17) is 5.73 Å². The van der Waals surface area contributed by atoms with E-state index < -0.39 is 22.2 Å². The Morgan fingerprint density at radius 1 is 0.947 bits per heavy atom. The number of aromatic hydroxyl groups is 1. The van der Waals surface area contributed by atoms with Crippen molar-refractivity contribution in [3.8, 4) is 5.75 Å². The van der Waals surface area contributed by atoms with Gasteiger partial charge in [0.1, 0.15) is 5.75 Å². The van der Waals surface area contributed by atoms with Crippen molar-refractivity contribution in [2.45, 2.75) is 44.2 Å². The Kier molecular flexibility index (Phi) is 9.54. The number of nitrogens with zero attached hydrogens (tertiary/aromatic N) is 2. The van der Waals surface area contributed by atoms with E-state index in [0.717, 1.165) is 5.56 Å². The summed E-state index contributed by atoms with van der Waals surface area (Å²) in [5, 5.41) is 21.7. The number of phenolic OH excluding ortho intramolecular Hbond substituents is 1. The molecule has 0 radical (unpaired) electrons. The number of carbonyl (C=O) groups excluding carboxylic acids is 1. The number of amides is 1. The highest BCUT2D eigenvalue weighted by atomic mass is 32.2. The third-order valence-electron chi connectivity index (χ3n) is 6.56. The van der Waals surface area contributed by atoms with E-state index in [2.05, 4.69) is 0 Å². The van der Waals surface area contributed by atoms with E-state index in [1.165, 1.54) is 39.5 Å². The van der Waals surface area contributed by atoms with Crippen molar-refractivity contribution in [2.75, 3.05) is 25.9 Å². The lowest BCUT2D eigenvalue weighted by Gasteiger charge is -2.35. The average molecular weight is 540 g/mol. The normalized spacial score (nSPS) is 13.4. The molecule has 204 valence electrons. The first-order valence-corrected chi connectivity index (χ1v) is 14.0. The molecule has 0 aliphatic carbocycles. The van der Waals surface area contributed by atoms with Crippen LogP contribution in [0.15, 0.2) is 77.7 Å². The maximum atomic E-state index is 13.6. The monoisotopic (exact) mass is 539 g/mol. The lowest BCUT2D eigenvalue weighted by atomic mass is 9.98. The number of nitrogens with two attached hydrogens (primary N) is 1. The fraction of sp³-hybridized carbons (Fsp3) is 0.345. The minimum absolute atomic E-state index is 0.00195. The van der Waals surface area contributed by atoms with Crippen LogP contribution in [-0.2, 0) is 16.4 Å². The van der Waals surface area contributed by atoms with Crippen molar-refractivity contribution < 1.29 is 23.4 Å². The number of anilines is 1. The molecule has 38 heavy (non-hydrogen) atoms. The predicted octanol–water partition coefficient (Wildman–Crippen LogP) is 3.67. The standard InChI is InChI=1S/C29H37N3O5S/c1-20(2)18-32(38(36,37)24-15-13-23(30)14-16-24)19-28(34)26(17-22-9-6-5-7-10-22)31(4)29(35)25-11-8-12-27(33)21(25)3/h5-16,20,26,28,33-34H,17-19,30H2,1-4H3/t26-,28+/m0/s1. The lowest BCUT2D eigenvalue weighted by Crippen LogP contribution is -2.51. The van der Waals surface area contributed by atoms with Gasteiger partial charge < -0.3 is 20.8 Å². The van der Waals surface area contributed by atoms with Gasteiger partial charge in [-0.25, -0.2) is 8.42 Å². The van der Waals surface area contributed by atoms with E-state index >= 15 is 0 Å². The number of carbonyl (C=O) groups is 1. The molecule has 8 nitrogen and oxygen atoms in total. The number of sulfonamides is 1. The number of aliphatic hydroxyl groups is 1. The zero-order valence-electron chi connectivity index (χ0n) is 22.3. The van der Waals surface area contributed by atoms with Crippen LogP contribution in [0.3, 0.4) is 0 Å². The summed E-state index contributed by atoms with van der Waals surface area (Å²) in [6, 6.07) is 19.3. The molecule has 0 saturated carbocycles. The maximum Gasteiger partial charge on any atom is 0.254 e. The van der Waals surface area contributed by atoms with Crippen LogP contribution in [0.4, 0.5) is 5.69 Å². The van der Waals surface area contributed by atoms with Crippen LogP contribution in [0.25, 0.3) is 0 Å². The molecule has 0 unspecified atom stereocenters. The van der Waals surface area contributed by atoms with Crippen molar-refractivity contribution in [2.24, 2.45) is 5.92 Å². The highest BCUT2D eigenvalue weighted by Gasteiger charge is 2.34. The second kappa shape index (κ2) is 12.4. The summed E-state index contributed by atoms with van der Waals surface area (Å²) in [5.41, 5.74) is 7.83. The van der Waals surface area contributed by atoms with Crippen molar-refractivity contribution in [3.05, 3.63) is 89.5 Å². The highest BCUT2D eigenvalue weighted by molar-refractivity contribution is 7.89. The molecule has 0 aromatic heterocycles. The van der Waals surface area contributed by atoms with Gasteiger partial charge >= 0.3 is 0 Å². The van der Waals surface area contributed by atoms with Crippen LogP contribution < -0.4 is 5.73 Å². The quantitative estimate of drug-likeness (QED) is 0.320. The van der Waals surface area contributed by atoms with Gasteiger partial charge in [0, 0.05) is 37.0 Å². The number of nitrogen functional groups attached to an aromatic ring is 1. The van der Waals surface area contributed by atoms with E-state index in [1.54, 1.807) is 26.1 Å². The molecule has 1 amide bonds. The topological polar surface area (TPSA) is 124 Å². The predicted molar refractivity (Wildman–Crippen MR) is 149 cm³/mol. The zero-order valence-corrected chi connectivity index (χ0v) is 23.1. The van der Waals surface area contributed by atoms with Gasteiger partial charge in [-0.3, -0.25) is 4.79 Å². The molecule has 3 aromatic carbocycles. The molecule has 0 saturated heterocycles. The van der Waals surface area contributed by atoms with Gasteiger partial charge in [-0.05, 0) is 61.2 Å². The molecule has 0 aliphatic heterocycles. The number of benzene rings is 3. The van der Waals surface area contributed by atoms with E-state index in [9.17, 15) is 23.4 Å². The number of hydrogen-bond donors (Lipinski definition) is 3. The van der Waals surface area contributed by atoms with Crippen LogP contribution in [0.5, 0.6) is 5.75 Å². The van der Waals surface area contributed by atoms with Gasteiger partial charge in [0.15, 0.2) is 0 Å². The Morgan fingerprint density at radius 2 is 1.58 bits per heavy atom. The summed E-state index contributed by atoms with van der Waals surface area (Å²) in [4.78, 5) is 15.0. The van der Waals surface area contributed by atoms with E-state index in [0.29, 0.717) is 23.2 Å². The summed E-state index contributed by atoms with van der Waals surface area (Å²) < 4.78 is 28.4. The van der Waals surface area contributed by atoms with Crippen LogP contribution in [0.2, 0.25) is 0 Å². The fourth-order valence-corrected chi connectivity index (χ4v) is 6.00. The molecule has 3 aromatic rings. The summed E-state index contributed by atoms with van der Waals surface area (Å²) in [6.45, 7) is 5.44. The van der Waals surface area contributed by atoms with Gasteiger partial charge in [0.2, 0.25) is 10.0 Å². The van der Waals surface area contributed by atoms with Crippen LogP contribution in [0, 0.1) is 12.8 Å². The van der Waals surface area contributed by atoms with Gasteiger partial charge in [-0.2, -0.15) is 4.31 Å². The van der Waals surface area contributed by atoms with E-state index in [1.807, 2.05) is 44.2 Å². The Bertz CT molecular complexity index is 1330. The van der Waals surface area contributed by atoms with Crippen LogP contribution in [-0.4, -0.2) is 66.0 Å². The third-order valence-corrected chi connectivity index (χ3v) is 8.41. The largest absolute Gasteiger partial charge is 0.508 e. The molecule has 0 spiro atoms. The molecule has 4 N–H and O–H groups in total. The number of aliphatic hydroxyl groups excluding tert-OH is 1. The maximum absolute atomic E-state index is 13.6. The van der Waals surface area contributed by atoms with Gasteiger partial charge in [-0.15, -0.1) is 0 Å². The second-order valence-corrected chi connectivity index (χ2v) is 11.9. The van der Waals surface area contributed by atoms with Gasteiger partial charge in [0.25, 0.3) is 5.91 Å². The smallest absolute Gasteiger partial charge is 0.254 e. The third kappa shape index (κ3) is 6.92. The Hall–Kier alpha value is -3.40. The first-order valence-electron chi connectivity index (χ1n) is 12.5. The molecule has 0 fully saturated rings. The molecular weight excluding hydrogens is 502 g/mol.